The van der Waals surface area contributed by atoms with Gasteiger partial charge < -0.3 is 10.1 Å². The zero-order valence-electron chi connectivity index (χ0n) is 22.6. The minimum Gasteiger partial charge on any atom is -0.453 e. The van der Waals surface area contributed by atoms with Crippen molar-refractivity contribution in [3.05, 3.63) is 77.1 Å². The van der Waals surface area contributed by atoms with E-state index in [0.717, 1.165) is 11.7 Å². The molecule has 0 saturated carbocycles. The maximum absolute atomic E-state index is 13.5. The van der Waals surface area contributed by atoms with Crippen LogP contribution in [0.4, 0.5) is 29.3 Å². The van der Waals surface area contributed by atoms with E-state index < -0.39 is 63.7 Å². The molecule has 1 unspecified atom stereocenters. The third kappa shape index (κ3) is 7.75. The van der Waals surface area contributed by atoms with Gasteiger partial charge in [-0.1, -0.05) is 44.2 Å². The zero-order chi connectivity index (χ0) is 31.2. The van der Waals surface area contributed by atoms with Crippen LogP contribution in [0.2, 0.25) is 0 Å². The summed E-state index contributed by atoms with van der Waals surface area (Å²) in [6.07, 6.45) is -5.96. The number of sulfonamides is 1. The standard InChI is InChI=1S/C27H27F3N4O7S/c1-16(2)23(24(36)27(28,29)30)32-22(35)15-34-21(17-7-5-4-6-8-17)14-13-20(25(34)37)33-42(39,40)19-11-9-18(10-12-19)31-26(38)41-3/h4-14,16,23,33H,15H2,1-3H3,(H,31,38)(H,32,35). The molecule has 1 heterocycles. The van der Waals surface area contributed by atoms with Gasteiger partial charge in [-0.2, -0.15) is 13.2 Å². The number of anilines is 2. The third-order valence-electron chi connectivity index (χ3n) is 5.93. The molecule has 11 nitrogen and oxygen atoms in total. The molecule has 0 spiro atoms. The molecule has 0 radical (unpaired) electrons. The average Bonchev–Trinajstić information content (AvgIpc) is 2.93. The van der Waals surface area contributed by atoms with Crippen molar-refractivity contribution in [2.45, 2.75) is 37.5 Å². The molecule has 42 heavy (non-hydrogen) atoms. The van der Waals surface area contributed by atoms with Gasteiger partial charge in [-0.15, -0.1) is 0 Å². The van der Waals surface area contributed by atoms with Gasteiger partial charge in [0, 0.05) is 5.69 Å². The molecule has 2 aromatic carbocycles. The zero-order valence-corrected chi connectivity index (χ0v) is 23.4. The Morgan fingerprint density at radius 2 is 1.57 bits per heavy atom. The smallest absolute Gasteiger partial charge is 0.452 e. The van der Waals surface area contributed by atoms with Gasteiger partial charge in [0.1, 0.15) is 12.2 Å². The van der Waals surface area contributed by atoms with Gasteiger partial charge in [-0.25, -0.2) is 13.2 Å². The van der Waals surface area contributed by atoms with Crippen LogP contribution >= 0.6 is 0 Å². The van der Waals surface area contributed by atoms with Crippen LogP contribution in [0.15, 0.2) is 76.4 Å². The Labute approximate surface area is 238 Å². The molecule has 0 aliphatic rings. The van der Waals surface area contributed by atoms with E-state index in [1.165, 1.54) is 50.2 Å². The number of alkyl halides is 3. The summed E-state index contributed by atoms with van der Waals surface area (Å²) in [5.41, 5.74) is -0.559. The van der Waals surface area contributed by atoms with Crippen molar-refractivity contribution in [2.75, 3.05) is 17.1 Å². The van der Waals surface area contributed by atoms with E-state index in [1.807, 2.05) is 5.32 Å². The highest BCUT2D eigenvalue weighted by Gasteiger charge is 2.45. The first-order chi connectivity index (χ1) is 19.6. The summed E-state index contributed by atoms with van der Waals surface area (Å²) in [5, 5.41) is 4.41. The number of rotatable bonds is 10. The molecule has 0 fully saturated rings. The number of Topliss-reactive ketones (excluding diaryl/α,β-unsaturated/α-hetero) is 1. The number of halogens is 3. The second-order valence-electron chi connectivity index (χ2n) is 9.29. The fourth-order valence-electron chi connectivity index (χ4n) is 3.84. The van der Waals surface area contributed by atoms with Gasteiger partial charge in [0.25, 0.3) is 21.4 Å². The van der Waals surface area contributed by atoms with Gasteiger partial charge in [-0.3, -0.25) is 29.0 Å². The maximum Gasteiger partial charge on any atom is 0.452 e. The first kappa shape index (κ1) is 31.9. The number of nitrogens with zero attached hydrogens (tertiary/aromatic N) is 1. The molecular formula is C27H27F3N4O7S. The lowest BCUT2D eigenvalue weighted by Gasteiger charge is -2.23. The highest BCUT2D eigenvalue weighted by molar-refractivity contribution is 7.92. The number of benzene rings is 2. The largest absolute Gasteiger partial charge is 0.453 e. The van der Waals surface area contributed by atoms with E-state index in [1.54, 1.807) is 30.3 Å². The SMILES string of the molecule is COC(=O)Nc1ccc(S(=O)(=O)Nc2ccc(-c3ccccc3)n(CC(=O)NC(C(=O)C(F)(F)F)C(C)C)c2=O)cc1. The lowest BCUT2D eigenvalue weighted by molar-refractivity contribution is -0.174. The fraction of sp³-hybridized carbons (Fsp3) is 0.259. The number of nitrogens with one attached hydrogen (secondary N) is 3. The Kier molecular flexibility index (Phi) is 9.78. The molecule has 2 amide bonds. The number of ketones is 1. The lowest BCUT2D eigenvalue weighted by Crippen LogP contribution is -2.50. The van der Waals surface area contributed by atoms with Crippen LogP contribution in [0, 0.1) is 5.92 Å². The second-order valence-corrected chi connectivity index (χ2v) is 11.0. The minimum atomic E-state index is -5.19. The molecule has 1 atom stereocenters. The molecule has 3 aromatic rings. The predicted octanol–water partition coefficient (Wildman–Crippen LogP) is 3.77. The van der Waals surface area contributed by atoms with E-state index in [0.29, 0.717) is 5.56 Å². The van der Waals surface area contributed by atoms with Crippen LogP contribution in [0.1, 0.15) is 13.8 Å². The number of carbonyl (C=O) groups is 3. The van der Waals surface area contributed by atoms with Gasteiger partial charge in [0.05, 0.1) is 23.7 Å². The highest BCUT2D eigenvalue weighted by atomic mass is 32.2. The normalized spacial score (nSPS) is 12.4. The van der Waals surface area contributed by atoms with E-state index in [2.05, 4.69) is 14.8 Å². The van der Waals surface area contributed by atoms with Crippen LogP contribution in [-0.2, 0) is 30.9 Å². The van der Waals surface area contributed by atoms with Gasteiger partial charge >= 0.3 is 12.3 Å². The van der Waals surface area contributed by atoms with E-state index in [4.69, 9.17) is 0 Å². The number of ether oxygens (including phenoxy) is 1. The minimum absolute atomic E-state index is 0.167. The van der Waals surface area contributed by atoms with E-state index in [-0.39, 0.29) is 16.3 Å². The van der Waals surface area contributed by atoms with Gasteiger partial charge in [0.2, 0.25) is 5.91 Å². The summed E-state index contributed by atoms with van der Waals surface area (Å²) in [6, 6.07) is 13.8. The van der Waals surface area contributed by atoms with E-state index >= 15 is 0 Å². The van der Waals surface area contributed by atoms with Crippen molar-refractivity contribution in [2.24, 2.45) is 5.92 Å². The molecule has 15 heteroatoms. The second kappa shape index (κ2) is 12.9. The average molecular weight is 609 g/mol. The van der Waals surface area contributed by atoms with Crippen molar-refractivity contribution >= 4 is 39.2 Å². The molecule has 3 rings (SSSR count). The molecule has 0 saturated heterocycles. The number of hydrogen-bond acceptors (Lipinski definition) is 7. The van der Waals surface area contributed by atoms with E-state index in [9.17, 15) is 40.8 Å². The van der Waals surface area contributed by atoms with Crippen LogP contribution in [-0.4, -0.2) is 50.1 Å². The molecule has 224 valence electrons. The van der Waals surface area contributed by atoms with Gasteiger partial charge in [0.15, 0.2) is 0 Å². The number of methoxy groups -OCH3 is 1. The molecule has 0 aliphatic carbocycles. The number of amides is 2. The monoisotopic (exact) mass is 608 g/mol. The van der Waals surface area contributed by atoms with Crippen molar-refractivity contribution in [3.8, 4) is 11.3 Å². The summed E-state index contributed by atoms with van der Waals surface area (Å²) >= 11 is 0. The molecule has 3 N–H and O–H groups in total. The quantitative estimate of drug-likeness (QED) is 0.317. The lowest BCUT2D eigenvalue weighted by atomic mass is 9.99. The van der Waals surface area contributed by atoms with Crippen LogP contribution in [0.25, 0.3) is 11.3 Å². The van der Waals surface area contributed by atoms with Crippen molar-refractivity contribution < 1.29 is 40.7 Å². The first-order valence-corrected chi connectivity index (χ1v) is 13.8. The maximum atomic E-state index is 13.5. The van der Waals surface area contributed by atoms with Crippen LogP contribution in [0.5, 0.6) is 0 Å². The first-order valence-electron chi connectivity index (χ1n) is 12.3. The summed E-state index contributed by atoms with van der Waals surface area (Å²) < 4.78 is 72.8. The topological polar surface area (TPSA) is 153 Å². The molecule has 1 aromatic heterocycles. The van der Waals surface area contributed by atoms with Gasteiger partial charge in [-0.05, 0) is 47.9 Å². The third-order valence-corrected chi connectivity index (χ3v) is 7.31. The Morgan fingerprint density at radius 1 is 0.952 bits per heavy atom. The Morgan fingerprint density at radius 3 is 2.12 bits per heavy atom. The summed E-state index contributed by atoms with van der Waals surface area (Å²) in [6.45, 7) is 1.83. The Bertz CT molecular complexity index is 1620. The molecule has 0 bridgehead atoms. The highest BCUT2D eigenvalue weighted by Crippen LogP contribution is 2.23. The van der Waals surface area contributed by atoms with Crippen molar-refractivity contribution in [3.63, 3.8) is 0 Å². The number of hydrogen-bond donors (Lipinski definition) is 3. The Balaban J connectivity index is 1.97. The van der Waals surface area contributed by atoms with Crippen molar-refractivity contribution in [1.82, 2.24) is 9.88 Å². The van der Waals surface area contributed by atoms with Crippen LogP contribution in [0.3, 0.4) is 0 Å². The Hall–Kier alpha value is -4.66. The van der Waals surface area contributed by atoms with Crippen molar-refractivity contribution in [1.29, 1.82) is 0 Å². The molecular weight excluding hydrogens is 581 g/mol. The summed E-state index contributed by atoms with van der Waals surface area (Å²) in [7, 11) is -3.19. The number of aromatic nitrogens is 1. The summed E-state index contributed by atoms with van der Waals surface area (Å²) in [4.78, 5) is 49.3. The van der Waals surface area contributed by atoms with Crippen LogP contribution < -0.4 is 20.9 Å². The predicted molar refractivity (Wildman–Crippen MR) is 147 cm³/mol. The fourth-order valence-corrected chi connectivity index (χ4v) is 4.90. The number of carbonyl (C=O) groups excluding carboxylic acids is 3. The number of pyridine rings is 1. The molecule has 0 aliphatic heterocycles. The summed E-state index contributed by atoms with van der Waals surface area (Å²) in [5.74, 6) is -4.13.